The van der Waals surface area contributed by atoms with Gasteiger partial charge in [-0.05, 0) is 25.5 Å². The molecular formula is C18H20N2O3. The van der Waals surface area contributed by atoms with Crippen LogP contribution < -0.4 is 0 Å². The Labute approximate surface area is 135 Å². The number of aryl methyl sites for hydroxylation is 1. The maximum Gasteiger partial charge on any atom is 0.305 e. The van der Waals surface area contributed by atoms with Crippen molar-refractivity contribution in [1.82, 2.24) is 9.88 Å². The minimum absolute atomic E-state index is 0.0649. The SMILES string of the molecule is CCN(CCC(=O)O)C(=O)c1cncc(-c2cccc(C)c2)c1. The number of hydrogen-bond acceptors (Lipinski definition) is 3. The second kappa shape index (κ2) is 7.54. The summed E-state index contributed by atoms with van der Waals surface area (Å²) < 4.78 is 0. The number of amides is 1. The lowest BCUT2D eigenvalue weighted by molar-refractivity contribution is -0.137. The molecule has 1 heterocycles. The molecule has 0 spiro atoms. The van der Waals surface area contributed by atoms with E-state index in [0.717, 1.165) is 16.7 Å². The second-order valence-electron chi connectivity index (χ2n) is 5.36. The first kappa shape index (κ1) is 16.7. The Morgan fingerprint density at radius 2 is 1.96 bits per heavy atom. The van der Waals surface area contributed by atoms with Crippen LogP contribution in [-0.4, -0.2) is 40.0 Å². The van der Waals surface area contributed by atoms with Crippen LogP contribution in [0.25, 0.3) is 11.1 Å². The minimum atomic E-state index is -0.914. The minimum Gasteiger partial charge on any atom is -0.481 e. The lowest BCUT2D eigenvalue weighted by Crippen LogP contribution is -2.32. The molecule has 0 atom stereocenters. The van der Waals surface area contributed by atoms with Gasteiger partial charge < -0.3 is 10.0 Å². The van der Waals surface area contributed by atoms with Crippen LogP contribution in [0, 0.1) is 6.92 Å². The van der Waals surface area contributed by atoms with Crippen molar-refractivity contribution in [3.8, 4) is 11.1 Å². The van der Waals surface area contributed by atoms with E-state index in [9.17, 15) is 9.59 Å². The molecule has 0 saturated carbocycles. The zero-order valence-corrected chi connectivity index (χ0v) is 13.3. The molecule has 0 unspecified atom stereocenters. The van der Waals surface area contributed by atoms with Crippen molar-refractivity contribution in [2.24, 2.45) is 0 Å². The zero-order valence-electron chi connectivity index (χ0n) is 13.3. The molecule has 5 nitrogen and oxygen atoms in total. The Kier molecular flexibility index (Phi) is 5.46. The maximum absolute atomic E-state index is 12.5. The molecule has 23 heavy (non-hydrogen) atoms. The highest BCUT2D eigenvalue weighted by Gasteiger charge is 2.16. The maximum atomic E-state index is 12.5. The molecule has 5 heteroatoms. The van der Waals surface area contributed by atoms with Crippen molar-refractivity contribution in [2.45, 2.75) is 20.3 Å². The summed E-state index contributed by atoms with van der Waals surface area (Å²) in [5, 5.41) is 8.78. The van der Waals surface area contributed by atoms with Crippen molar-refractivity contribution in [3.05, 3.63) is 53.9 Å². The summed E-state index contributed by atoms with van der Waals surface area (Å²) in [6.07, 6.45) is 3.18. The molecule has 1 aromatic carbocycles. The van der Waals surface area contributed by atoms with E-state index >= 15 is 0 Å². The molecule has 0 fully saturated rings. The summed E-state index contributed by atoms with van der Waals surface area (Å²) in [4.78, 5) is 28.9. The predicted octanol–water partition coefficient (Wildman–Crippen LogP) is 2.99. The van der Waals surface area contributed by atoms with Gasteiger partial charge in [-0.3, -0.25) is 14.6 Å². The summed E-state index contributed by atoms with van der Waals surface area (Å²) in [5.41, 5.74) is 3.47. The van der Waals surface area contributed by atoms with Crippen LogP contribution in [0.5, 0.6) is 0 Å². The third kappa shape index (κ3) is 4.39. The molecule has 2 aromatic rings. The number of rotatable bonds is 6. The van der Waals surface area contributed by atoms with Crippen molar-refractivity contribution in [1.29, 1.82) is 0 Å². The summed E-state index contributed by atoms with van der Waals surface area (Å²) in [7, 11) is 0. The average Bonchev–Trinajstić information content (AvgIpc) is 2.55. The van der Waals surface area contributed by atoms with Crippen LogP contribution in [0.2, 0.25) is 0 Å². The summed E-state index contributed by atoms with van der Waals surface area (Å²) in [6.45, 7) is 4.49. The van der Waals surface area contributed by atoms with Gasteiger partial charge in [-0.25, -0.2) is 0 Å². The smallest absolute Gasteiger partial charge is 0.305 e. The van der Waals surface area contributed by atoms with Gasteiger partial charge in [0.05, 0.1) is 12.0 Å². The van der Waals surface area contributed by atoms with E-state index in [1.807, 2.05) is 38.1 Å². The van der Waals surface area contributed by atoms with Crippen LogP contribution >= 0.6 is 0 Å². The molecule has 120 valence electrons. The van der Waals surface area contributed by atoms with E-state index in [-0.39, 0.29) is 18.9 Å². The van der Waals surface area contributed by atoms with Crippen molar-refractivity contribution in [2.75, 3.05) is 13.1 Å². The van der Waals surface area contributed by atoms with Crippen LogP contribution in [0.1, 0.15) is 29.3 Å². The van der Waals surface area contributed by atoms with Gasteiger partial charge in [0.25, 0.3) is 5.91 Å². The quantitative estimate of drug-likeness (QED) is 0.890. The number of carbonyl (C=O) groups is 2. The number of hydrogen-bond donors (Lipinski definition) is 1. The van der Waals surface area contributed by atoms with Gasteiger partial charge >= 0.3 is 5.97 Å². The molecule has 0 radical (unpaired) electrons. The average molecular weight is 312 g/mol. The van der Waals surface area contributed by atoms with Crippen LogP contribution in [0.3, 0.4) is 0 Å². The monoisotopic (exact) mass is 312 g/mol. The lowest BCUT2D eigenvalue weighted by atomic mass is 10.0. The number of carbonyl (C=O) groups excluding carboxylic acids is 1. The second-order valence-corrected chi connectivity index (χ2v) is 5.36. The van der Waals surface area contributed by atoms with Crippen LogP contribution in [0.15, 0.2) is 42.7 Å². The molecule has 0 bridgehead atoms. The summed E-state index contributed by atoms with van der Waals surface area (Å²) in [6, 6.07) is 9.78. The fraction of sp³-hybridized carbons (Fsp3) is 0.278. The van der Waals surface area contributed by atoms with Gasteiger partial charge in [0.2, 0.25) is 0 Å². The number of aliphatic carboxylic acids is 1. The largest absolute Gasteiger partial charge is 0.481 e. The van der Waals surface area contributed by atoms with Crippen LogP contribution in [-0.2, 0) is 4.79 Å². The third-order valence-electron chi connectivity index (χ3n) is 3.60. The molecule has 2 rings (SSSR count). The summed E-state index contributed by atoms with van der Waals surface area (Å²) >= 11 is 0. The normalized spacial score (nSPS) is 10.3. The number of carboxylic acid groups (broad SMARTS) is 1. The van der Waals surface area contributed by atoms with Crippen molar-refractivity contribution < 1.29 is 14.7 Å². The van der Waals surface area contributed by atoms with Crippen molar-refractivity contribution in [3.63, 3.8) is 0 Å². The van der Waals surface area contributed by atoms with Gasteiger partial charge in [0.1, 0.15) is 0 Å². The third-order valence-corrected chi connectivity index (χ3v) is 3.60. The molecular weight excluding hydrogens is 292 g/mol. The Morgan fingerprint density at radius 3 is 2.61 bits per heavy atom. The fourth-order valence-corrected chi connectivity index (χ4v) is 2.36. The van der Waals surface area contributed by atoms with Gasteiger partial charge in [-0.2, -0.15) is 0 Å². The van der Waals surface area contributed by atoms with Gasteiger partial charge in [0, 0.05) is 31.0 Å². The molecule has 1 aromatic heterocycles. The molecule has 0 saturated heterocycles. The fourth-order valence-electron chi connectivity index (χ4n) is 2.36. The summed E-state index contributed by atoms with van der Waals surface area (Å²) in [5.74, 6) is -1.11. The van der Waals surface area contributed by atoms with E-state index in [2.05, 4.69) is 4.98 Å². The van der Waals surface area contributed by atoms with Crippen molar-refractivity contribution >= 4 is 11.9 Å². The Morgan fingerprint density at radius 1 is 1.17 bits per heavy atom. The molecule has 0 aliphatic rings. The number of carboxylic acids is 1. The first-order valence-corrected chi connectivity index (χ1v) is 7.54. The van der Waals surface area contributed by atoms with E-state index in [0.29, 0.717) is 12.1 Å². The number of benzene rings is 1. The molecule has 0 aliphatic carbocycles. The van der Waals surface area contributed by atoms with Gasteiger partial charge in [0.15, 0.2) is 0 Å². The first-order valence-electron chi connectivity index (χ1n) is 7.54. The Bertz CT molecular complexity index is 713. The molecule has 0 aliphatic heterocycles. The van der Waals surface area contributed by atoms with Gasteiger partial charge in [-0.15, -0.1) is 0 Å². The van der Waals surface area contributed by atoms with Crippen LogP contribution in [0.4, 0.5) is 0 Å². The first-order chi connectivity index (χ1) is 11.0. The zero-order chi connectivity index (χ0) is 16.8. The van der Waals surface area contributed by atoms with Gasteiger partial charge in [-0.1, -0.05) is 29.8 Å². The lowest BCUT2D eigenvalue weighted by Gasteiger charge is -2.20. The van der Waals surface area contributed by atoms with E-state index < -0.39 is 5.97 Å². The Balaban J connectivity index is 2.24. The Hall–Kier alpha value is -2.69. The predicted molar refractivity (Wildman–Crippen MR) is 88.2 cm³/mol. The number of nitrogens with zero attached hydrogens (tertiary/aromatic N) is 2. The number of aromatic nitrogens is 1. The topological polar surface area (TPSA) is 70.5 Å². The van der Waals surface area contributed by atoms with E-state index in [1.54, 1.807) is 12.3 Å². The highest BCUT2D eigenvalue weighted by atomic mass is 16.4. The highest BCUT2D eigenvalue weighted by Crippen LogP contribution is 2.21. The molecule has 1 N–H and O–H groups in total. The standard InChI is InChI=1S/C18H20N2O3/c1-3-20(8-7-17(21)22)18(23)16-10-15(11-19-12-16)14-6-4-5-13(2)9-14/h4-6,9-12H,3,7-8H2,1-2H3,(H,21,22). The van der Waals surface area contributed by atoms with E-state index in [4.69, 9.17) is 5.11 Å². The van der Waals surface area contributed by atoms with E-state index in [1.165, 1.54) is 11.1 Å². The highest BCUT2D eigenvalue weighted by molar-refractivity contribution is 5.95. The molecule has 1 amide bonds. The number of pyridine rings is 1.